The second-order valence-corrected chi connectivity index (χ2v) is 8.24. The number of hydrogen-bond acceptors (Lipinski definition) is 4. The van der Waals surface area contributed by atoms with Gasteiger partial charge in [0.05, 0.1) is 0 Å². The van der Waals surface area contributed by atoms with E-state index >= 15 is 0 Å². The second-order valence-electron chi connectivity index (χ2n) is 8.24. The van der Waals surface area contributed by atoms with Crippen molar-refractivity contribution in [2.45, 2.75) is 59.0 Å². The fourth-order valence-corrected chi connectivity index (χ4v) is 2.49. The Morgan fingerprint density at radius 2 is 1.54 bits per heavy atom. The number of phenolic OH excluding ortho intramolecular Hbond substituents is 1. The van der Waals surface area contributed by atoms with Gasteiger partial charge in [0.1, 0.15) is 17.9 Å². The van der Waals surface area contributed by atoms with Crippen LogP contribution in [0.5, 0.6) is 5.75 Å². The first kappa shape index (κ1) is 21.5. The number of ether oxygens (including phenoxy) is 1. The predicted molar refractivity (Wildman–Crippen MR) is 101 cm³/mol. The number of carboxylic acids is 1. The molecule has 1 aromatic rings. The number of phenols is 1. The van der Waals surface area contributed by atoms with E-state index in [-0.39, 0.29) is 23.2 Å². The van der Waals surface area contributed by atoms with E-state index in [9.17, 15) is 14.7 Å². The SMILES string of the molecule is C=CC=C(C(=O)O)C(=O)OCc1cc(C(C)(C)C)c(O)c(C(C)(C)C)c1. The number of benzene rings is 1. The van der Waals surface area contributed by atoms with Gasteiger partial charge >= 0.3 is 11.9 Å². The number of esters is 1. The van der Waals surface area contributed by atoms with Crippen LogP contribution in [0.2, 0.25) is 0 Å². The number of carbonyl (C=O) groups is 2. The van der Waals surface area contributed by atoms with Gasteiger partial charge in [-0.1, -0.05) is 54.2 Å². The van der Waals surface area contributed by atoms with Crippen LogP contribution in [0.4, 0.5) is 0 Å². The molecule has 0 saturated carbocycles. The molecule has 142 valence electrons. The molecule has 0 unspecified atom stereocenters. The zero-order valence-corrected chi connectivity index (χ0v) is 16.3. The first-order valence-electron chi connectivity index (χ1n) is 8.39. The second kappa shape index (κ2) is 7.77. The van der Waals surface area contributed by atoms with Crippen molar-refractivity contribution < 1.29 is 24.5 Å². The number of allylic oxidation sites excluding steroid dienone is 2. The topological polar surface area (TPSA) is 83.8 Å². The molecule has 0 bridgehead atoms. The molecule has 2 N–H and O–H groups in total. The Morgan fingerprint density at radius 3 is 1.88 bits per heavy atom. The summed E-state index contributed by atoms with van der Waals surface area (Å²) < 4.78 is 5.16. The molecule has 0 amide bonds. The summed E-state index contributed by atoms with van der Waals surface area (Å²) >= 11 is 0. The summed E-state index contributed by atoms with van der Waals surface area (Å²) in [7, 11) is 0. The average Bonchev–Trinajstić information content (AvgIpc) is 2.48. The normalized spacial score (nSPS) is 12.6. The van der Waals surface area contributed by atoms with E-state index in [0.29, 0.717) is 5.56 Å². The summed E-state index contributed by atoms with van der Waals surface area (Å²) in [6.45, 7) is 15.2. The van der Waals surface area contributed by atoms with Crippen molar-refractivity contribution in [2.24, 2.45) is 0 Å². The number of hydrogen-bond donors (Lipinski definition) is 2. The third-order valence-electron chi connectivity index (χ3n) is 3.89. The zero-order chi connectivity index (χ0) is 20.3. The fourth-order valence-electron chi connectivity index (χ4n) is 2.49. The third kappa shape index (κ3) is 5.22. The highest BCUT2D eigenvalue weighted by Gasteiger charge is 2.27. The average molecular weight is 360 g/mol. The lowest BCUT2D eigenvalue weighted by atomic mass is 9.78. The van der Waals surface area contributed by atoms with Gasteiger partial charge in [0.25, 0.3) is 0 Å². The van der Waals surface area contributed by atoms with Gasteiger partial charge in [-0.15, -0.1) is 0 Å². The minimum absolute atomic E-state index is 0.0902. The number of aliphatic carboxylic acids is 1. The molecule has 5 heteroatoms. The van der Waals surface area contributed by atoms with E-state index in [1.165, 1.54) is 6.08 Å². The first-order chi connectivity index (χ1) is 11.8. The molecular formula is C21H28O5. The molecule has 1 aromatic carbocycles. The fraction of sp³-hybridized carbons (Fsp3) is 0.429. The highest BCUT2D eigenvalue weighted by molar-refractivity contribution is 6.13. The molecule has 0 radical (unpaired) electrons. The number of carboxylic acid groups (broad SMARTS) is 1. The minimum atomic E-state index is -1.37. The van der Waals surface area contributed by atoms with Crippen LogP contribution in [0.1, 0.15) is 58.2 Å². The molecule has 0 fully saturated rings. The van der Waals surface area contributed by atoms with Crippen LogP contribution in [0.25, 0.3) is 0 Å². The molecule has 0 aliphatic heterocycles. The minimum Gasteiger partial charge on any atom is -0.507 e. The van der Waals surface area contributed by atoms with Crippen molar-refractivity contribution in [1.29, 1.82) is 0 Å². The van der Waals surface area contributed by atoms with Crippen LogP contribution < -0.4 is 0 Å². The van der Waals surface area contributed by atoms with Crippen LogP contribution in [-0.4, -0.2) is 22.2 Å². The van der Waals surface area contributed by atoms with Crippen LogP contribution in [0, 0.1) is 0 Å². The Balaban J connectivity index is 3.26. The summed E-state index contributed by atoms with van der Waals surface area (Å²) in [5, 5.41) is 19.7. The van der Waals surface area contributed by atoms with E-state index in [4.69, 9.17) is 9.84 Å². The van der Waals surface area contributed by atoms with Crippen molar-refractivity contribution in [2.75, 3.05) is 0 Å². The van der Waals surface area contributed by atoms with Crippen molar-refractivity contribution in [1.82, 2.24) is 0 Å². The highest BCUT2D eigenvalue weighted by atomic mass is 16.5. The highest BCUT2D eigenvalue weighted by Crippen LogP contribution is 2.39. The van der Waals surface area contributed by atoms with Gasteiger partial charge in [-0.05, 0) is 45.7 Å². The maximum absolute atomic E-state index is 12.0. The first-order valence-corrected chi connectivity index (χ1v) is 8.39. The Kier molecular flexibility index (Phi) is 6.42. The Morgan fingerprint density at radius 1 is 1.08 bits per heavy atom. The summed E-state index contributed by atoms with van der Waals surface area (Å²) in [6, 6.07) is 3.57. The lowest BCUT2D eigenvalue weighted by molar-refractivity contribution is -0.145. The number of aromatic hydroxyl groups is 1. The van der Waals surface area contributed by atoms with Crippen LogP contribution >= 0.6 is 0 Å². The lowest BCUT2D eigenvalue weighted by Crippen LogP contribution is -2.19. The molecule has 1 rings (SSSR count). The van der Waals surface area contributed by atoms with Crippen molar-refractivity contribution in [3.63, 3.8) is 0 Å². The maximum Gasteiger partial charge on any atom is 0.345 e. The van der Waals surface area contributed by atoms with Crippen molar-refractivity contribution >= 4 is 11.9 Å². The molecule has 0 spiro atoms. The monoisotopic (exact) mass is 360 g/mol. The summed E-state index contributed by atoms with van der Waals surface area (Å²) in [5.41, 5.74) is 1.09. The molecule has 26 heavy (non-hydrogen) atoms. The molecule has 5 nitrogen and oxygen atoms in total. The van der Waals surface area contributed by atoms with Crippen molar-refractivity contribution in [3.05, 3.63) is 53.1 Å². The lowest BCUT2D eigenvalue weighted by Gasteiger charge is -2.28. The maximum atomic E-state index is 12.0. The largest absolute Gasteiger partial charge is 0.507 e. The van der Waals surface area contributed by atoms with Gasteiger partial charge in [0, 0.05) is 0 Å². The molecule has 0 aliphatic rings. The van der Waals surface area contributed by atoms with Gasteiger partial charge in [0.2, 0.25) is 0 Å². The molecular weight excluding hydrogens is 332 g/mol. The summed E-state index contributed by atoms with van der Waals surface area (Å²) in [6.07, 6.45) is 2.32. The Labute approximate surface area is 155 Å². The van der Waals surface area contributed by atoms with E-state index in [1.54, 1.807) is 12.1 Å². The smallest absolute Gasteiger partial charge is 0.345 e. The van der Waals surface area contributed by atoms with E-state index in [0.717, 1.165) is 17.2 Å². The zero-order valence-electron chi connectivity index (χ0n) is 16.3. The van der Waals surface area contributed by atoms with E-state index < -0.39 is 17.5 Å². The summed E-state index contributed by atoms with van der Waals surface area (Å²) in [4.78, 5) is 23.1. The summed E-state index contributed by atoms with van der Waals surface area (Å²) in [5.74, 6) is -2.07. The van der Waals surface area contributed by atoms with E-state index in [1.807, 2.05) is 41.5 Å². The molecule has 0 heterocycles. The van der Waals surface area contributed by atoms with Gasteiger partial charge in [-0.25, -0.2) is 9.59 Å². The quantitative estimate of drug-likeness (QED) is 0.270. The Bertz CT molecular complexity index is 708. The molecule has 0 atom stereocenters. The number of carbonyl (C=O) groups excluding carboxylic acids is 1. The Hall–Kier alpha value is -2.56. The molecule has 0 saturated heterocycles. The predicted octanol–water partition coefficient (Wildman–Crippen LogP) is 4.23. The van der Waals surface area contributed by atoms with Gasteiger partial charge < -0.3 is 14.9 Å². The van der Waals surface area contributed by atoms with Gasteiger partial charge in [-0.2, -0.15) is 0 Å². The van der Waals surface area contributed by atoms with E-state index in [2.05, 4.69) is 6.58 Å². The van der Waals surface area contributed by atoms with Crippen LogP contribution in [-0.2, 0) is 31.8 Å². The van der Waals surface area contributed by atoms with Gasteiger partial charge in [-0.3, -0.25) is 0 Å². The third-order valence-corrected chi connectivity index (χ3v) is 3.89. The van der Waals surface area contributed by atoms with Crippen molar-refractivity contribution in [3.8, 4) is 5.75 Å². The van der Waals surface area contributed by atoms with Crippen LogP contribution in [0.3, 0.4) is 0 Å². The van der Waals surface area contributed by atoms with Gasteiger partial charge in [0.15, 0.2) is 0 Å². The standard InChI is InChI=1S/C21H28O5/c1-8-9-14(18(23)24)19(25)26-12-13-10-15(20(2,3)4)17(22)16(11-13)21(5,6)7/h8-11,22H,1,12H2,2-7H3,(H,23,24). The number of rotatable bonds is 5. The molecule has 0 aliphatic carbocycles. The molecule has 0 aromatic heterocycles. The van der Waals surface area contributed by atoms with Crippen LogP contribution in [0.15, 0.2) is 36.4 Å².